The second kappa shape index (κ2) is 4.80. The third-order valence-corrected chi connectivity index (χ3v) is 2.82. The molecule has 0 saturated heterocycles. The van der Waals surface area contributed by atoms with E-state index in [2.05, 4.69) is 22.3 Å². The van der Waals surface area contributed by atoms with Gasteiger partial charge in [-0.25, -0.2) is 9.48 Å². The molecule has 1 amide bonds. The summed E-state index contributed by atoms with van der Waals surface area (Å²) in [7, 11) is 0. The minimum absolute atomic E-state index is 0.0820. The molecule has 1 aliphatic heterocycles. The third-order valence-electron chi connectivity index (χ3n) is 2.82. The quantitative estimate of drug-likeness (QED) is 0.803. The van der Waals surface area contributed by atoms with E-state index in [1.807, 2.05) is 0 Å². The number of amides is 1. The molecule has 2 atom stereocenters. The van der Waals surface area contributed by atoms with Gasteiger partial charge >= 0.3 is 6.09 Å². The SMILES string of the molecule is CC1CC(N)Cn2nc(NC(=O)OC(C)(C)C)nc21. The maximum Gasteiger partial charge on any atom is 0.414 e. The second-order valence-corrected chi connectivity index (χ2v) is 6.00. The Kier molecular flexibility index (Phi) is 3.49. The lowest BCUT2D eigenvalue weighted by atomic mass is 9.98. The Hall–Kier alpha value is -1.63. The lowest BCUT2D eigenvalue weighted by Gasteiger charge is -2.23. The monoisotopic (exact) mass is 267 g/mol. The maximum absolute atomic E-state index is 11.6. The van der Waals surface area contributed by atoms with Gasteiger partial charge in [0, 0.05) is 12.0 Å². The Morgan fingerprint density at radius 3 is 2.84 bits per heavy atom. The van der Waals surface area contributed by atoms with Crippen molar-refractivity contribution in [1.29, 1.82) is 0 Å². The highest BCUT2D eigenvalue weighted by Crippen LogP contribution is 2.25. The number of ether oxygens (including phenoxy) is 1. The first-order valence-electron chi connectivity index (χ1n) is 6.45. The minimum Gasteiger partial charge on any atom is -0.444 e. The Labute approximate surface area is 112 Å². The highest BCUT2D eigenvalue weighted by molar-refractivity contribution is 5.82. The maximum atomic E-state index is 11.6. The largest absolute Gasteiger partial charge is 0.444 e. The van der Waals surface area contributed by atoms with Gasteiger partial charge in [-0.2, -0.15) is 4.98 Å². The molecule has 0 aliphatic carbocycles. The van der Waals surface area contributed by atoms with E-state index in [4.69, 9.17) is 10.5 Å². The van der Waals surface area contributed by atoms with Crippen LogP contribution in [0.3, 0.4) is 0 Å². The zero-order valence-corrected chi connectivity index (χ0v) is 11.8. The van der Waals surface area contributed by atoms with Gasteiger partial charge < -0.3 is 10.5 Å². The number of nitrogens with zero attached hydrogens (tertiary/aromatic N) is 3. The molecule has 0 saturated carbocycles. The molecular formula is C12H21N5O2. The van der Waals surface area contributed by atoms with Crippen LogP contribution in [0.25, 0.3) is 0 Å². The van der Waals surface area contributed by atoms with Crippen LogP contribution in [0.4, 0.5) is 10.7 Å². The number of rotatable bonds is 1. The van der Waals surface area contributed by atoms with Gasteiger partial charge in [0.05, 0.1) is 6.54 Å². The number of anilines is 1. The number of carbonyl (C=O) groups excluding carboxylic acids is 1. The van der Waals surface area contributed by atoms with Gasteiger partial charge in [-0.3, -0.25) is 5.32 Å². The number of carbonyl (C=O) groups is 1. The number of nitrogens with one attached hydrogen (secondary N) is 1. The summed E-state index contributed by atoms with van der Waals surface area (Å²) in [6.07, 6.45) is 0.331. The standard InChI is InChI=1S/C12H21N5O2/c1-7-5-8(13)6-17-9(7)14-10(16-17)15-11(18)19-12(2,3)4/h7-8H,5-6,13H2,1-4H3,(H,15,16,18). The minimum atomic E-state index is -0.549. The summed E-state index contributed by atoms with van der Waals surface area (Å²) in [6.45, 7) is 8.09. The van der Waals surface area contributed by atoms with Gasteiger partial charge in [0.15, 0.2) is 0 Å². The molecule has 0 bridgehead atoms. The third kappa shape index (κ3) is 3.44. The summed E-state index contributed by atoms with van der Waals surface area (Å²) in [5, 5.41) is 6.78. The Morgan fingerprint density at radius 2 is 2.21 bits per heavy atom. The fraction of sp³-hybridized carbons (Fsp3) is 0.750. The first-order chi connectivity index (χ1) is 8.74. The van der Waals surface area contributed by atoms with E-state index in [0.29, 0.717) is 6.54 Å². The van der Waals surface area contributed by atoms with Crippen molar-refractivity contribution >= 4 is 12.0 Å². The van der Waals surface area contributed by atoms with E-state index < -0.39 is 11.7 Å². The highest BCUT2D eigenvalue weighted by atomic mass is 16.6. The summed E-state index contributed by atoms with van der Waals surface area (Å²) in [6, 6.07) is 0.0820. The van der Waals surface area contributed by atoms with Crippen LogP contribution in [0, 0.1) is 0 Å². The zero-order valence-electron chi connectivity index (χ0n) is 11.8. The number of nitrogens with two attached hydrogens (primary N) is 1. The van der Waals surface area contributed by atoms with Crippen molar-refractivity contribution in [2.24, 2.45) is 5.73 Å². The normalized spacial score (nSPS) is 22.8. The zero-order chi connectivity index (χ0) is 14.2. The van der Waals surface area contributed by atoms with Gasteiger partial charge in [-0.15, -0.1) is 5.10 Å². The lowest BCUT2D eigenvalue weighted by molar-refractivity contribution is 0.0634. The summed E-state index contributed by atoms with van der Waals surface area (Å²) in [5.41, 5.74) is 5.39. The molecule has 0 radical (unpaired) electrons. The predicted octanol–water partition coefficient (Wildman–Crippen LogP) is 1.46. The smallest absolute Gasteiger partial charge is 0.414 e. The van der Waals surface area contributed by atoms with Crippen LogP contribution in [-0.4, -0.2) is 32.5 Å². The fourth-order valence-electron chi connectivity index (χ4n) is 2.16. The number of aromatic nitrogens is 3. The molecule has 0 aromatic carbocycles. The molecule has 19 heavy (non-hydrogen) atoms. The molecule has 1 aromatic rings. The molecule has 7 heteroatoms. The van der Waals surface area contributed by atoms with Crippen molar-refractivity contribution in [2.75, 3.05) is 5.32 Å². The summed E-state index contributed by atoms with van der Waals surface area (Å²) >= 11 is 0. The highest BCUT2D eigenvalue weighted by Gasteiger charge is 2.26. The van der Waals surface area contributed by atoms with Crippen LogP contribution in [0.1, 0.15) is 45.9 Å². The molecule has 2 unspecified atom stereocenters. The van der Waals surface area contributed by atoms with E-state index >= 15 is 0 Å². The van der Waals surface area contributed by atoms with Crippen LogP contribution >= 0.6 is 0 Å². The average Bonchev–Trinajstić information content (AvgIpc) is 2.56. The lowest BCUT2D eigenvalue weighted by Crippen LogP contribution is -2.34. The number of hydrogen-bond donors (Lipinski definition) is 2. The summed E-state index contributed by atoms with van der Waals surface area (Å²) in [5.74, 6) is 1.36. The van der Waals surface area contributed by atoms with E-state index in [9.17, 15) is 4.79 Å². The van der Waals surface area contributed by atoms with Gasteiger partial charge in [-0.1, -0.05) is 6.92 Å². The van der Waals surface area contributed by atoms with E-state index in [0.717, 1.165) is 12.2 Å². The van der Waals surface area contributed by atoms with Crippen molar-refractivity contribution in [2.45, 2.75) is 58.2 Å². The van der Waals surface area contributed by atoms with Crippen LogP contribution in [0.5, 0.6) is 0 Å². The predicted molar refractivity (Wildman–Crippen MR) is 70.9 cm³/mol. The van der Waals surface area contributed by atoms with Crippen molar-refractivity contribution in [3.63, 3.8) is 0 Å². The van der Waals surface area contributed by atoms with Gasteiger partial charge in [-0.05, 0) is 27.2 Å². The fourth-order valence-corrected chi connectivity index (χ4v) is 2.16. The van der Waals surface area contributed by atoms with Gasteiger partial charge in [0.1, 0.15) is 11.4 Å². The molecule has 2 heterocycles. The molecule has 3 N–H and O–H groups in total. The van der Waals surface area contributed by atoms with Crippen LogP contribution in [0.15, 0.2) is 0 Å². The number of fused-ring (bicyclic) bond motifs is 1. The first-order valence-corrected chi connectivity index (χ1v) is 6.45. The Morgan fingerprint density at radius 1 is 1.53 bits per heavy atom. The topological polar surface area (TPSA) is 95.1 Å². The van der Waals surface area contributed by atoms with Gasteiger partial charge in [0.2, 0.25) is 0 Å². The van der Waals surface area contributed by atoms with Crippen LogP contribution in [0.2, 0.25) is 0 Å². The number of hydrogen-bond acceptors (Lipinski definition) is 5. The van der Waals surface area contributed by atoms with Gasteiger partial charge in [0.25, 0.3) is 5.95 Å². The summed E-state index contributed by atoms with van der Waals surface area (Å²) in [4.78, 5) is 16.0. The molecule has 1 aromatic heterocycles. The van der Waals surface area contributed by atoms with Crippen molar-refractivity contribution in [1.82, 2.24) is 14.8 Å². The molecule has 1 aliphatic rings. The molecule has 7 nitrogen and oxygen atoms in total. The van der Waals surface area contributed by atoms with Crippen LogP contribution in [-0.2, 0) is 11.3 Å². The summed E-state index contributed by atoms with van der Waals surface area (Å²) < 4.78 is 6.91. The molecule has 2 rings (SSSR count). The van der Waals surface area contributed by atoms with Crippen molar-refractivity contribution in [3.8, 4) is 0 Å². The second-order valence-electron chi connectivity index (χ2n) is 6.00. The van der Waals surface area contributed by atoms with Crippen molar-refractivity contribution < 1.29 is 9.53 Å². The van der Waals surface area contributed by atoms with E-state index in [-0.39, 0.29) is 17.9 Å². The molecule has 0 fully saturated rings. The van der Waals surface area contributed by atoms with E-state index in [1.165, 1.54) is 0 Å². The Bertz CT molecular complexity index is 477. The average molecular weight is 267 g/mol. The van der Waals surface area contributed by atoms with E-state index in [1.54, 1.807) is 25.5 Å². The molecule has 0 spiro atoms. The van der Waals surface area contributed by atoms with Crippen LogP contribution < -0.4 is 11.1 Å². The van der Waals surface area contributed by atoms with Crippen molar-refractivity contribution in [3.05, 3.63) is 5.82 Å². The Balaban J connectivity index is 2.07. The molecule has 106 valence electrons. The first kappa shape index (κ1) is 13.8. The molecular weight excluding hydrogens is 246 g/mol.